The van der Waals surface area contributed by atoms with Crippen molar-refractivity contribution in [3.8, 4) is 0 Å². The van der Waals surface area contributed by atoms with Gasteiger partial charge in [0, 0.05) is 5.92 Å². The zero-order valence-corrected chi connectivity index (χ0v) is 11.0. The van der Waals surface area contributed by atoms with Crippen molar-refractivity contribution in [2.24, 2.45) is 5.73 Å². The number of aromatic nitrogens is 2. The van der Waals surface area contributed by atoms with Gasteiger partial charge in [-0.05, 0) is 25.7 Å². The molecule has 0 bridgehead atoms. The van der Waals surface area contributed by atoms with Crippen LogP contribution in [-0.2, 0) is 4.79 Å². The Labute approximate surface area is 105 Å². The minimum absolute atomic E-state index is 0.134. The Bertz CT molecular complexity index is 409. The van der Waals surface area contributed by atoms with Gasteiger partial charge in [0.05, 0.1) is 5.54 Å². The molecule has 94 valence electrons. The van der Waals surface area contributed by atoms with Crippen molar-refractivity contribution in [1.29, 1.82) is 0 Å². The summed E-state index contributed by atoms with van der Waals surface area (Å²) in [5.74, 6) is 0.302. The van der Waals surface area contributed by atoms with Crippen LogP contribution in [0.2, 0.25) is 0 Å². The quantitative estimate of drug-likeness (QED) is 0.840. The Morgan fingerprint density at radius 2 is 2.12 bits per heavy atom. The molecular formula is C11H18N4OS. The molecule has 1 aliphatic rings. The van der Waals surface area contributed by atoms with Crippen LogP contribution in [0.3, 0.4) is 0 Å². The minimum atomic E-state index is -0.652. The van der Waals surface area contributed by atoms with Gasteiger partial charge in [-0.1, -0.05) is 25.2 Å². The predicted octanol–water partition coefficient (Wildman–Crippen LogP) is 1.87. The molecule has 3 N–H and O–H groups in total. The van der Waals surface area contributed by atoms with Gasteiger partial charge in [-0.2, -0.15) is 0 Å². The van der Waals surface area contributed by atoms with Crippen molar-refractivity contribution in [2.45, 2.75) is 51.0 Å². The van der Waals surface area contributed by atoms with E-state index in [-0.39, 0.29) is 5.91 Å². The van der Waals surface area contributed by atoms with Gasteiger partial charge >= 0.3 is 0 Å². The molecule has 0 radical (unpaired) electrons. The molecule has 1 saturated carbocycles. The highest BCUT2D eigenvalue weighted by Gasteiger charge is 2.46. The van der Waals surface area contributed by atoms with E-state index in [1.54, 1.807) is 0 Å². The monoisotopic (exact) mass is 254 g/mol. The first-order chi connectivity index (χ1) is 8.09. The zero-order chi connectivity index (χ0) is 12.5. The second kappa shape index (κ2) is 4.70. The number of anilines is 1. The number of hydrogen-bond donors (Lipinski definition) is 2. The summed E-state index contributed by atoms with van der Waals surface area (Å²) in [5.41, 5.74) is 5.15. The molecule has 1 aromatic rings. The summed E-state index contributed by atoms with van der Waals surface area (Å²) < 4.78 is 0. The lowest BCUT2D eigenvalue weighted by Gasteiger charge is -2.07. The number of rotatable bonds is 5. The molecule has 0 spiro atoms. The first-order valence-electron chi connectivity index (χ1n) is 6.02. The fourth-order valence-corrected chi connectivity index (χ4v) is 2.68. The van der Waals surface area contributed by atoms with E-state index in [9.17, 15) is 4.79 Å². The van der Waals surface area contributed by atoms with Gasteiger partial charge in [0.2, 0.25) is 11.0 Å². The van der Waals surface area contributed by atoms with Crippen LogP contribution in [0.25, 0.3) is 0 Å². The van der Waals surface area contributed by atoms with Gasteiger partial charge in [0.15, 0.2) is 0 Å². The molecule has 0 aromatic carbocycles. The molecule has 6 heteroatoms. The SMILES string of the molecule is CCC(CC)c1nnc(NC(=O)C2(N)CC2)s1. The summed E-state index contributed by atoms with van der Waals surface area (Å²) in [6.07, 6.45) is 3.61. The number of carbonyl (C=O) groups is 1. The largest absolute Gasteiger partial charge is 0.317 e. The molecular weight excluding hydrogens is 236 g/mol. The van der Waals surface area contributed by atoms with Crippen LogP contribution in [0.15, 0.2) is 0 Å². The smallest absolute Gasteiger partial charge is 0.246 e. The highest BCUT2D eigenvalue weighted by atomic mass is 32.1. The zero-order valence-electron chi connectivity index (χ0n) is 10.2. The Morgan fingerprint density at radius 3 is 2.65 bits per heavy atom. The van der Waals surface area contributed by atoms with Gasteiger partial charge in [-0.25, -0.2) is 0 Å². The second-order valence-electron chi connectivity index (χ2n) is 4.57. The topological polar surface area (TPSA) is 80.9 Å². The molecule has 1 fully saturated rings. The standard InChI is InChI=1S/C11H18N4OS/c1-3-7(4-2)8-14-15-10(17-8)13-9(16)11(12)5-6-11/h7H,3-6,12H2,1-2H3,(H,13,15,16). The van der Waals surface area contributed by atoms with E-state index in [0.717, 1.165) is 30.7 Å². The van der Waals surface area contributed by atoms with E-state index in [1.807, 2.05) is 0 Å². The van der Waals surface area contributed by atoms with Crippen LogP contribution in [0, 0.1) is 0 Å². The highest BCUT2D eigenvalue weighted by Crippen LogP contribution is 2.34. The Hall–Kier alpha value is -1.01. The summed E-state index contributed by atoms with van der Waals surface area (Å²) >= 11 is 1.45. The molecule has 0 atom stereocenters. The Balaban J connectivity index is 2.00. The number of nitrogens with zero attached hydrogens (tertiary/aromatic N) is 2. The molecule has 2 rings (SSSR count). The summed E-state index contributed by atoms with van der Waals surface area (Å²) in [7, 11) is 0. The van der Waals surface area contributed by atoms with E-state index < -0.39 is 5.54 Å². The van der Waals surface area contributed by atoms with Crippen LogP contribution in [-0.4, -0.2) is 21.6 Å². The number of hydrogen-bond acceptors (Lipinski definition) is 5. The van der Waals surface area contributed by atoms with Crippen LogP contribution in [0.4, 0.5) is 5.13 Å². The molecule has 1 aliphatic carbocycles. The Kier molecular flexibility index (Phi) is 3.44. The van der Waals surface area contributed by atoms with Gasteiger partial charge in [0.1, 0.15) is 5.01 Å². The maximum atomic E-state index is 11.7. The van der Waals surface area contributed by atoms with Crippen LogP contribution >= 0.6 is 11.3 Å². The number of nitrogens with one attached hydrogen (secondary N) is 1. The molecule has 5 nitrogen and oxygen atoms in total. The van der Waals surface area contributed by atoms with Gasteiger partial charge < -0.3 is 5.73 Å². The van der Waals surface area contributed by atoms with E-state index in [1.165, 1.54) is 11.3 Å². The third-order valence-corrected chi connectivity index (χ3v) is 4.24. The Morgan fingerprint density at radius 1 is 1.47 bits per heavy atom. The van der Waals surface area contributed by atoms with Crippen LogP contribution in [0.5, 0.6) is 0 Å². The third-order valence-electron chi connectivity index (χ3n) is 3.24. The molecule has 17 heavy (non-hydrogen) atoms. The summed E-state index contributed by atoms with van der Waals surface area (Å²) in [4.78, 5) is 11.7. The first kappa shape index (κ1) is 12.4. The van der Waals surface area contributed by atoms with Gasteiger partial charge in [-0.3, -0.25) is 10.1 Å². The lowest BCUT2D eigenvalue weighted by atomic mass is 10.1. The molecule has 1 aromatic heterocycles. The van der Waals surface area contributed by atoms with Gasteiger partial charge in [0.25, 0.3) is 0 Å². The van der Waals surface area contributed by atoms with E-state index in [4.69, 9.17) is 5.73 Å². The van der Waals surface area contributed by atoms with Crippen LogP contribution < -0.4 is 11.1 Å². The van der Waals surface area contributed by atoms with Crippen molar-refractivity contribution in [1.82, 2.24) is 10.2 Å². The number of amides is 1. The van der Waals surface area contributed by atoms with E-state index in [0.29, 0.717) is 11.0 Å². The van der Waals surface area contributed by atoms with Crippen molar-refractivity contribution in [3.63, 3.8) is 0 Å². The van der Waals surface area contributed by atoms with E-state index in [2.05, 4.69) is 29.4 Å². The van der Waals surface area contributed by atoms with Crippen molar-refractivity contribution in [3.05, 3.63) is 5.01 Å². The number of nitrogens with two attached hydrogens (primary N) is 1. The first-order valence-corrected chi connectivity index (χ1v) is 6.84. The highest BCUT2D eigenvalue weighted by molar-refractivity contribution is 7.15. The molecule has 1 heterocycles. The van der Waals surface area contributed by atoms with Crippen molar-refractivity contribution < 1.29 is 4.79 Å². The van der Waals surface area contributed by atoms with Crippen LogP contribution in [0.1, 0.15) is 50.5 Å². The fraction of sp³-hybridized carbons (Fsp3) is 0.727. The normalized spacial score (nSPS) is 17.2. The van der Waals surface area contributed by atoms with E-state index >= 15 is 0 Å². The predicted molar refractivity (Wildman–Crippen MR) is 68.0 cm³/mol. The lowest BCUT2D eigenvalue weighted by molar-refractivity contribution is -0.118. The van der Waals surface area contributed by atoms with Crippen molar-refractivity contribution >= 4 is 22.4 Å². The summed E-state index contributed by atoms with van der Waals surface area (Å²) in [6, 6.07) is 0. The van der Waals surface area contributed by atoms with Gasteiger partial charge in [-0.15, -0.1) is 10.2 Å². The molecule has 0 aliphatic heterocycles. The lowest BCUT2D eigenvalue weighted by Crippen LogP contribution is -2.37. The molecule has 0 saturated heterocycles. The second-order valence-corrected chi connectivity index (χ2v) is 5.58. The third kappa shape index (κ3) is 2.63. The number of carbonyl (C=O) groups excluding carboxylic acids is 1. The van der Waals surface area contributed by atoms with Crippen molar-refractivity contribution in [2.75, 3.05) is 5.32 Å². The molecule has 1 amide bonds. The summed E-state index contributed by atoms with van der Waals surface area (Å²) in [6.45, 7) is 4.26. The maximum absolute atomic E-state index is 11.7. The average molecular weight is 254 g/mol. The molecule has 0 unspecified atom stereocenters. The summed E-state index contributed by atoms with van der Waals surface area (Å²) in [5, 5.41) is 12.4. The average Bonchev–Trinajstić information content (AvgIpc) is 2.90. The minimum Gasteiger partial charge on any atom is -0.317 e. The maximum Gasteiger partial charge on any atom is 0.246 e. The fourth-order valence-electron chi connectivity index (χ4n) is 1.67.